The Hall–Kier alpha value is -2.90. The van der Waals surface area contributed by atoms with Gasteiger partial charge in [0.1, 0.15) is 5.60 Å². The summed E-state index contributed by atoms with van der Waals surface area (Å²) in [6.45, 7) is 11.9. The molecule has 1 amide bonds. The second-order valence-electron chi connectivity index (χ2n) is 9.46. The molecule has 1 aliphatic rings. The van der Waals surface area contributed by atoms with Crippen LogP contribution in [-0.2, 0) is 4.74 Å². The van der Waals surface area contributed by atoms with Gasteiger partial charge in [-0.3, -0.25) is 15.1 Å². The Bertz CT molecular complexity index is 954. The van der Waals surface area contributed by atoms with E-state index in [2.05, 4.69) is 9.88 Å². The number of benzene rings is 1. The predicted octanol–water partition coefficient (Wildman–Crippen LogP) is 5.00. The Balaban J connectivity index is 1.81. The van der Waals surface area contributed by atoms with Gasteiger partial charge in [0.2, 0.25) is 0 Å². The monoisotopic (exact) mass is 428 g/mol. The average Bonchev–Trinajstić information content (AvgIpc) is 2.69. The Labute approximate surface area is 183 Å². The normalized spacial score (nSPS) is 17.1. The molecule has 168 valence electrons. The van der Waals surface area contributed by atoms with Crippen LogP contribution in [0.15, 0.2) is 30.6 Å². The molecule has 1 aliphatic heterocycles. The molecule has 2 heterocycles. The summed E-state index contributed by atoms with van der Waals surface area (Å²) >= 11 is 0. The second-order valence-corrected chi connectivity index (χ2v) is 9.46. The third kappa shape index (κ3) is 5.42. The standard InChI is InChI=1S/C23H32N4O4/c1-16(2)26(22(28)31-23(3,4)5)15-17-7-6-12-25(14-17)20-8-9-21(27(29)30)19-13-24-11-10-18(19)20/h8-11,13,16-17H,6-7,12,14-15H2,1-5H3. The molecule has 8 heteroatoms. The average molecular weight is 429 g/mol. The highest BCUT2D eigenvalue weighted by Crippen LogP contribution is 2.35. The number of fused-ring (bicyclic) bond motifs is 1. The number of aromatic nitrogens is 1. The van der Waals surface area contributed by atoms with Gasteiger partial charge in [0, 0.05) is 55.2 Å². The number of amides is 1. The molecular formula is C23H32N4O4. The van der Waals surface area contributed by atoms with E-state index in [9.17, 15) is 14.9 Å². The molecule has 1 saturated heterocycles. The van der Waals surface area contributed by atoms with Gasteiger partial charge in [0.25, 0.3) is 5.69 Å². The Morgan fingerprint density at radius 3 is 2.71 bits per heavy atom. The third-order valence-electron chi connectivity index (χ3n) is 5.53. The van der Waals surface area contributed by atoms with Crippen molar-refractivity contribution in [2.45, 2.75) is 59.1 Å². The minimum atomic E-state index is -0.533. The topological polar surface area (TPSA) is 88.8 Å². The van der Waals surface area contributed by atoms with Crippen molar-refractivity contribution in [2.24, 2.45) is 5.92 Å². The molecule has 1 atom stereocenters. The first-order chi connectivity index (χ1) is 14.6. The smallest absolute Gasteiger partial charge is 0.410 e. The number of carbonyl (C=O) groups excluding carboxylic acids is 1. The van der Waals surface area contributed by atoms with Gasteiger partial charge < -0.3 is 14.5 Å². The van der Waals surface area contributed by atoms with E-state index in [1.165, 1.54) is 0 Å². The number of carbonyl (C=O) groups is 1. The Kier molecular flexibility index (Phi) is 6.67. The molecule has 8 nitrogen and oxygen atoms in total. The fraction of sp³-hybridized carbons (Fsp3) is 0.565. The molecule has 1 fully saturated rings. The number of anilines is 1. The van der Waals surface area contributed by atoms with Crippen molar-refractivity contribution in [3.05, 3.63) is 40.7 Å². The summed E-state index contributed by atoms with van der Waals surface area (Å²) in [4.78, 5) is 31.9. The Morgan fingerprint density at radius 2 is 2.06 bits per heavy atom. The van der Waals surface area contributed by atoms with Gasteiger partial charge in [-0.1, -0.05) is 0 Å². The molecule has 0 radical (unpaired) electrons. The zero-order valence-electron chi connectivity index (χ0n) is 19.0. The number of nitrogens with zero attached hydrogens (tertiary/aromatic N) is 4. The van der Waals surface area contributed by atoms with Crippen LogP contribution in [-0.4, -0.2) is 52.2 Å². The summed E-state index contributed by atoms with van der Waals surface area (Å²) in [6, 6.07) is 5.26. The lowest BCUT2D eigenvalue weighted by Crippen LogP contribution is -2.47. The van der Waals surface area contributed by atoms with Crippen LogP contribution in [0.25, 0.3) is 10.8 Å². The van der Waals surface area contributed by atoms with Crippen LogP contribution in [0.1, 0.15) is 47.5 Å². The van der Waals surface area contributed by atoms with Gasteiger partial charge in [-0.2, -0.15) is 0 Å². The number of piperidine rings is 1. The summed E-state index contributed by atoms with van der Waals surface area (Å²) in [7, 11) is 0. The molecule has 1 unspecified atom stereocenters. The molecule has 0 spiro atoms. The number of ether oxygens (including phenoxy) is 1. The number of nitro groups is 1. The van der Waals surface area contributed by atoms with Gasteiger partial charge >= 0.3 is 6.09 Å². The second kappa shape index (κ2) is 9.08. The summed E-state index contributed by atoms with van der Waals surface area (Å²) < 4.78 is 5.61. The molecule has 1 aromatic heterocycles. The van der Waals surface area contributed by atoms with Crippen LogP contribution in [0.3, 0.4) is 0 Å². The number of hydrogen-bond acceptors (Lipinski definition) is 6. The van der Waals surface area contributed by atoms with E-state index in [1.54, 1.807) is 23.4 Å². The first-order valence-corrected chi connectivity index (χ1v) is 10.8. The molecule has 31 heavy (non-hydrogen) atoms. The van der Waals surface area contributed by atoms with Gasteiger partial charge in [0.15, 0.2) is 0 Å². The highest BCUT2D eigenvalue weighted by Gasteiger charge is 2.30. The fourth-order valence-corrected chi connectivity index (χ4v) is 4.12. The zero-order valence-corrected chi connectivity index (χ0v) is 19.0. The molecule has 0 N–H and O–H groups in total. The first kappa shape index (κ1) is 22.8. The van der Waals surface area contributed by atoms with Crippen LogP contribution < -0.4 is 4.90 Å². The van der Waals surface area contributed by atoms with Crippen molar-refractivity contribution >= 4 is 28.2 Å². The molecule has 1 aromatic carbocycles. The van der Waals surface area contributed by atoms with E-state index in [0.29, 0.717) is 11.9 Å². The van der Waals surface area contributed by atoms with Crippen LogP contribution in [0, 0.1) is 16.0 Å². The van der Waals surface area contributed by atoms with E-state index in [0.717, 1.165) is 37.0 Å². The van der Waals surface area contributed by atoms with E-state index < -0.39 is 5.60 Å². The summed E-state index contributed by atoms with van der Waals surface area (Å²) in [5.41, 5.74) is 0.506. The van der Waals surface area contributed by atoms with E-state index >= 15 is 0 Å². The van der Waals surface area contributed by atoms with E-state index in [-0.39, 0.29) is 28.7 Å². The number of pyridine rings is 1. The van der Waals surface area contributed by atoms with E-state index in [4.69, 9.17) is 4.74 Å². The van der Waals surface area contributed by atoms with Crippen molar-refractivity contribution in [1.82, 2.24) is 9.88 Å². The van der Waals surface area contributed by atoms with Crippen LogP contribution >= 0.6 is 0 Å². The molecular weight excluding hydrogens is 396 g/mol. The van der Waals surface area contributed by atoms with Crippen molar-refractivity contribution in [3.8, 4) is 0 Å². The lowest BCUT2D eigenvalue weighted by molar-refractivity contribution is -0.383. The number of non-ortho nitro benzene ring substituents is 1. The van der Waals surface area contributed by atoms with Gasteiger partial charge in [-0.25, -0.2) is 4.79 Å². The van der Waals surface area contributed by atoms with Gasteiger partial charge in [-0.05, 0) is 65.5 Å². The van der Waals surface area contributed by atoms with Gasteiger partial charge in [0.05, 0.1) is 10.3 Å². The molecule has 3 rings (SSSR count). The summed E-state index contributed by atoms with van der Waals surface area (Å²) in [5, 5.41) is 12.8. The first-order valence-electron chi connectivity index (χ1n) is 10.8. The van der Waals surface area contributed by atoms with Crippen LogP contribution in [0.2, 0.25) is 0 Å². The molecule has 0 aliphatic carbocycles. The quantitative estimate of drug-likeness (QED) is 0.491. The number of rotatable bonds is 5. The maximum atomic E-state index is 12.7. The SMILES string of the molecule is CC(C)N(CC1CCCN(c2ccc([N+](=O)[O-])c3cnccc23)C1)C(=O)OC(C)(C)C. The molecule has 0 bridgehead atoms. The Morgan fingerprint density at radius 1 is 1.32 bits per heavy atom. The van der Waals surface area contributed by atoms with Crippen molar-refractivity contribution in [1.29, 1.82) is 0 Å². The minimum absolute atomic E-state index is 0.0384. The maximum Gasteiger partial charge on any atom is 0.410 e. The van der Waals surface area contributed by atoms with Crippen LogP contribution in [0.5, 0.6) is 0 Å². The van der Waals surface area contributed by atoms with Crippen molar-refractivity contribution in [2.75, 3.05) is 24.5 Å². The van der Waals surface area contributed by atoms with Crippen LogP contribution in [0.4, 0.5) is 16.2 Å². The minimum Gasteiger partial charge on any atom is -0.444 e. The zero-order chi connectivity index (χ0) is 22.8. The predicted molar refractivity (Wildman–Crippen MR) is 121 cm³/mol. The van der Waals surface area contributed by atoms with Gasteiger partial charge in [-0.15, -0.1) is 0 Å². The third-order valence-corrected chi connectivity index (χ3v) is 5.53. The van der Waals surface area contributed by atoms with Crippen molar-refractivity contribution in [3.63, 3.8) is 0 Å². The number of nitro benzene ring substituents is 1. The fourth-order valence-electron chi connectivity index (χ4n) is 4.12. The summed E-state index contributed by atoms with van der Waals surface area (Å²) in [6.07, 6.45) is 4.96. The lowest BCUT2D eigenvalue weighted by Gasteiger charge is -2.38. The molecule has 0 saturated carbocycles. The largest absolute Gasteiger partial charge is 0.444 e. The lowest BCUT2D eigenvalue weighted by atomic mass is 9.95. The highest BCUT2D eigenvalue weighted by molar-refractivity contribution is 5.99. The van der Waals surface area contributed by atoms with E-state index in [1.807, 2.05) is 46.8 Å². The maximum absolute atomic E-state index is 12.7. The number of hydrogen-bond donors (Lipinski definition) is 0. The summed E-state index contributed by atoms with van der Waals surface area (Å²) in [5.74, 6) is 0.288. The molecule has 2 aromatic rings. The highest BCUT2D eigenvalue weighted by atomic mass is 16.6. The van der Waals surface area contributed by atoms with Crippen molar-refractivity contribution < 1.29 is 14.5 Å².